The molecule has 3 amide bonds. The summed E-state index contributed by atoms with van der Waals surface area (Å²) in [7, 11) is 0. The minimum absolute atomic E-state index is 0.00909. The van der Waals surface area contributed by atoms with Crippen LogP contribution in [0.2, 0.25) is 0 Å². The number of rotatable bonds is 13. The fourth-order valence-corrected chi connectivity index (χ4v) is 3.19. The Morgan fingerprint density at radius 3 is 1.97 bits per heavy atom. The second-order valence-corrected chi connectivity index (χ2v) is 8.52. The van der Waals surface area contributed by atoms with Gasteiger partial charge in [0.1, 0.15) is 23.9 Å². The molecule has 0 saturated heterocycles. The van der Waals surface area contributed by atoms with Gasteiger partial charge in [0.15, 0.2) is 0 Å². The third kappa shape index (κ3) is 8.84. The van der Waals surface area contributed by atoms with Gasteiger partial charge in [-0.3, -0.25) is 14.4 Å². The second kappa shape index (κ2) is 13.8. The first-order valence-electron chi connectivity index (χ1n) is 10.9. The molecule has 12 heteroatoms. The summed E-state index contributed by atoms with van der Waals surface area (Å²) in [6.07, 6.45) is -0.928. The van der Waals surface area contributed by atoms with Crippen molar-refractivity contribution in [2.75, 3.05) is 5.75 Å². The van der Waals surface area contributed by atoms with Crippen LogP contribution in [0.3, 0.4) is 0 Å². The summed E-state index contributed by atoms with van der Waals surface area (Å²) in [6.45, 7) is 4.82. The molecule has 0 aliphatic carbocycles. The largest absolute Gasteiger partial charge is 0.508 e. The van der Waals surface area contributed by atoms with Gasteiger partial charge < -0.3 is 37.0 Å². The van der Waals surface area contributed by atoms with Gasteiger partial charge in [-0.05, 0) is 30.5 Å². The summed E-state index contributed by atoms with van der Waals surface area (Å²) in [4.78, 5) is 49.6. The Hall–Kier alpha value is -2.83. The normalized spacial score (nSPS) is 16.3. The SMILES string of the molecule is CCC(C)C(NC(=O)C(N)CS)C(=O)NC(C(=O)NC(Cc1ccc(O)cc1)C(=O)O)C(C)O. The number of thiol groups is 1. The molecule has 6 unspecified atom stereocenters. The van der Waals surface area contributed by atoms with E-state index in [9.17, 15) is 34.5 Å². The number of aromatic hydroxyl groups is 1. The topological polar surface area (TPSA) is 191 Å². The molecule has 0 spiro atoms. The number of benzene rings is 1. The first-order chi connectivity index (χ1) is 15.9. The standard InChI is InChI=1S/C22H34N4O7S/c1-4-11(2)17(25-19(29)15(23)10-34)20(30)26-18(12(3)27)21(31)24-16(22(32)33)9-13-5-7-14(28)8-6-13/h5-8,11-12,15-18,27-28,34H,4,9-10,23H2,1-3H3,(H,24,31)(H,25,29)(H,26,30)(H,32,33). The molecular formula is C22H34N4O7S. The van der Waals surface area contributed by atoms with E-state index in [2.05, 4.69) is 28.6 Å². The minimum atomic E-state index is -1.48. The maximum absolute atomic E-state index is 12.9. The summed E-state index contributed by atoms with van der Waals surface area (Å²) in [6, 6.07) is 1.00. The van der Waals surface area contributed by atoms with E-state index in [0.29, 0.717) is 12.0 Å². The van der Waals surface area contributed by atoms with Crippen molar-refractivity contribution in [2.24, 2.45) is 11.7 Å². The Morgan fingerprint density at radius 1 is 0.971 bits per heavy atom. The summed E-state index contributed by atoms with van der Waals surface area (Å²) in [5.41, 5.74) is 6.21. The van der Waals surface area contributed by atoms with Crippen molar-refractivity contribution in [3.8, 4) is 5.75 Å². The molecule has 0 aromatic heterocycles. The zero-order valence-electron chi connectivity index (χ0n) is 19.4. The van der Waals surface area contributed by atoms with Gasteiger partial charge in [-0.25, -0.2) is 4.79 Å². The number of carbonyl (C=O) groups excluding carboxylic acids is 3. The van der Waals surface area contributed by atoms with Crippen LogP contribution < -0.4 is 21.7 Å². The highest BCUT2D eigenvalue weighted by Gasteiger charge is 2.34. The average Bonchev–Trinajstić information content (AvgIpc) is 2.79. The maximum atomic E-state index is 12.9. The molecule has 1 aromatic rings. The lowest BCUT2D eigenvalue weighted by Gasteiger charge is -2.28. The van der Waals surface area contributed by atoms with Crippen LogP contribution in [0, 0.1) is 5.92 Å². The molecule has 0 fully saturated rings. The number of carboxylic acids is 1. The van der Waals surface area contributed by atoms with Crippen molar-refractivity contribution in [3.63, 3.8) is 0 Å². The van der Waals surface area contributed by atoms with E-state index in [4.69, 9.17) is 5.73 Å². The van der Waals surface area contributed by atoms with Crippen molar-refractivity contribution in [1.82, 2.24) is 16.0 Å². The first kappa shape index (κ1) is 29.2. The number of phenols is 1. The third-order valence-corrected chi connectivity index (χ3v) is 5.77. The second-order valence-electron chi connectivity index (χ2n) is 8.16. The zero-order valence-corrected chi connectivity index (χ0v) is 20.3. The molecule has 34 heavy (non-hydrogen) atoms. The van der Waals surface area contributed by atoms with Crippen LogP contribution in [-0.2, 0) is 25.6 Å². The van der Waals surface area contributed by atoms with Gasteiger partial charge in [-0.15, -0.1) is 0 Å². The van der Waals surface area contributed by atoms with Gasteiger partial charge in [0.05, 0.1) is 12.1 Å². The van der Waals surface area contributed by atoms with Gasteiger partial charge in [0.2, 0.25) is 17.7 Å². The fourth-order valence-electron chi connectivity index (χ4n) is 3.02. The molecule has 0 aliphatic heterocycles. The summed E-state index contributed by atoms with van der Waals surface area (Å²) in [5, 5.41) is 36.3. The molecule has 190 valence electrons. The number of amides is 3. The summed E-state index contributed by atoms with van der Waals surface area (Å²) >= 11 is 3.97. The molecule has 0 saturated carbocycles. The number of carbonyl (C=O) groups is 4. The molecule has 0 radical (unpaired) electrons. The molecule has 0 aliphatic rings. The number of aliphatic hydroxyl groups excluding tert-OH is 1. The highest BCUT2D eigenvalue weighted by molar-refractivity contribution is 7.80. The van der Waals surface area contributed by atoms with Crippen LogP contribution >= 0.6 is 12.6 Å². The van der Waals surface area contributed by atoms with Crippen molar-refractivity contribution in [3.05, 3.63) is 29.8 Å². The highest BCUT2D eigenvalue weighted by atomic mass is 32.1. The van der Waals surface area contributed by atoms with Crippen molar-refractivity contribution in [2.45, 2.75) is 63.9 Å². The Bertz CT molecular complexity index is 850. The quantitative estimate of drug-likeness (QED) is 0.161. The number of phenolic OH excluding ortho intramolecular Hbond substituents is 1. The van der Waals surface area contributed by atoms with Crippen molar-refractivity contribution in [1.29, 1.82) is 0 Å². The van der Waals surface area contributed by atoms with E-state index < -0.39 is 54.0 Å². The van der Waals surface area contributed by atoms with E-state index >= 15 is 0 Å². The van der Waals surface area contributed by atoms with E-state index in [1.807, 2.05) is 6.92 Å². The van der Waals surface area contributed by atoms with Crippen LogP contribution in [0.25, 0.3) is 0 Å². The predicted octanol–water partition coefficient (Wildman–Crippen LogP) is -0.842. The van der Waals surface area contributed by atoms with Gasteiger partial charge in [-0.2, -0.15) is 12.6 Å². The number of nitrogens with two attached hydrogens (primary N) is 1. The van der Waals surface area contributed by atoms with Crippen molar-refractivity contribution < 1.29 is 34.5 Å². The van der Waals surface area contributed by atoms with Crippen LogP contribution in [0.5, 0.6) is 5.75 Å². The molecule has 1 aromatic carbocycles. The monoisotopic (exact) mass is 498 g/mol. The lowest BCUT2D eigenvalue weighted by Crippen LogP contribution is -2.61. The number of aliphatic hydroxyl groups is 1. The molecular weight excluding hydrogens is 464 g/mol. The summed E-state index contributed by atoms with van der Waals surface area (Å²) in [5.74, 6) is -3.78. The minimum Gasteiger partial charge on any atom is -0.508 e. The van der Waals surface area contributed by atoms with Crippen LogP contribution in [0.15, 0.2) is 24.3 Å². The number of nitrogens with one attached hydrogen (secondary N) is 3. The van der Waals surface area contributed by atoms with E-state index in [1.54, 1.807) is 6.92 Å². The van der Waals surface area contributed by atoms with Crippen molar-refractivity contribution >= 4 is 36.3 Å². The Morgan fingerprint density at radius 2 is 1.50 bits per heavy atom. The highest BCUT2D eigenvalue weighted by Crippen LogP contribution is 2.12. The van der Waals surface area contributed by atoms with Gasteiger partial charge in [0, 0.05) is 12.2 Å². The van der Waals surface area contributed by atoms with Gasteiger partial charge in [0.25, 0.3) is 0 Å². The molecule has 0 bridgehead atoms. The zero-order chi connectivity index (χ0) is 26.0. The Labute approximate surface area is 203 Å². The first-order valence-corrected chi connectivity index (χ1v) is 11.5. The predicted molar refractivity (Wildman–Crippen MR) is 128 cm³/mol. The molecule has 8 N–H and O–H groups in total. The van der Waals surface area contributed by atoms with Gasteiger partial charge in [-0.1, -0.05) is 32.4 Å². The third-order valence-electron chi connectivity index (χ3n) is 5.38. The number of aliphatic carboxylic acids is 1. The Balaban J connectivity index is 2.99. The lowest BCUT2D eigenvalue weighted by molar-refractivity contribution is -0.143. The molecule has 0 heterocycles. The summed E-state index contributed by atoms with van der Waals surface area (Å²) < 4.78 is 0. The fraction of sp³-hybridized carbons (Fsp3) is 0.545. The van der Waals surface area contributed by atoms with E-state index in [1.165, 1.54) is 31.2 Å². The number of hydrogen-bond acceptors (Lipinski definition) is 8. The van der Waals surface area contributed by atoms with Crippen LogP contribution in [0.1, 0.15) is 32.8 Å². The van der Waals surface area contributed by atoms with Gasteiger partial charge >= 0.3 is 5.97 Å². The van der Waals surface area contributed by atoms with Crippen LogP contribution in [-0.4, -0.2) is 75.0 Å². The lowest BCUT2D eigenvalue weighted by atomic mass is 9.97. The Kier molecular flexibility index (Phi) is 11.8. The molecule has 6 atom stereocenters. The number of carboxylic acid groups (broad SMARTS) is 1. The smallest absolute Gasteiger partial charge is 0.326 e. The average molecular weight is 499 g/mol. The van der Waals surface area contributed by atoms with E-state index in [-0.39, 0.29) is 23.8 Å². The maximum Gasteiger partial charge on any atom is 0.326 e. The number of hydrogen-bond donors (Lipinski definition) is 8. The molecule has 11 nitrogen and oxygen atoms in total. The van der Waals surface area contributed by atoms with E-state index in [0.717, 1.165) is 0 Å². The molecule has 1 rings (SSSR count). The van der Waals surface area contributed by atoms with Crippen LogP contribution in [0.4, 0.5) is 0 Å².